The van der Waals surface area contributed by atoms with Gasteiger partial charge in [-0.1, -0.05) is 30.3 Å². The Morgan fingerprint density at radius 1 is 0.667 bits per heavy atom. The predicted molar refractivity (Wildman–Crippen MR) is 87.4 cm³/mol. The van der Waals surface area contributed by atoms with E-state index in [2.05, 4.69) is 41.0 Å². The number of benzene rings is 3. The molecule has 3 heteroatoms. The first-order valence-corrected chi connectivity index (χ1v) is 7.17. The molecule has 4 rings (SSSR count). The largest absolute Gasteiger partial charge is 0.457 e. The van der Waals surface area contributed by atoms with Gasteiger partial charge in [-0.3, -0.25) is 0 Å². The van der Waals surface area contributed by atoms with Gasteiger partial charge >= 0.3 is 0 Å². The van der Waals surface area contributed by atoms with Gasteiger partial charge in [0, 0.05) is 19.2 Å². The molecule has 1 aliphatic rings. The molecule has 0 aromatic heterocycles. The summed E-state index contributed by atoms with van der Waals surface area (Å²) in [6.45, 7) is 1.89. The average molecular weight is 276 g/mol. The third-order valence-corrected chi connectivity index (χ3v) is 3.70. The van der Waals surface area contributed by atoms with Crippen molar-refractivity contribution in [1.82, 2.24) is 0 Å². The molecule has 3 aromatic rings. The quantitative estimate of drug-likeness (QED) is 0.724. The lowest BCUT2D eigenvalue weighted by Crippen LogP contribution is -2.20. The fourth-order valence-corrected chi connectivity index (χ4v) is 2.65. The molecule has 0 unspecified atom stereocenters. The highest BCUT2D eigenvalue weighted by Gasteiger charge is 2.09. The minimum Gasteiger partial charge on any atom is -0.457 e. The van der Waals surface area contributed by atoms with Crippen LogP contribution in [0.1, 0.15) is 0 Å². The van der Waals surface area contributed by atoms with Crippen LogP contribution in [0.2, 0.25) is 0 Å². The maximum absolute atomic E-state index is 5.98. The van der Waals surface area contributed by atoms with E-state index in [1.54, 1.807) is 0 Å². The molecule has 21 heavy (non-hydrogen) atoms. The van der Waals surface area contributed by atoms with Crippen LogP contribution in [0.3, 0.4) is 0 Å². The Hall–Kier alpha value is -2.68. The Morgan fingerprint density at radius 3 is 2.29 bits per heavy atom. The van der Waals surface area contributed by atoms with Crippen LogP contribution in [0.4, 0.5) is 11.4 Å². The van der Waals surface area contributed by atoms with Gasteiger partial charge in [-0.05, 0) is 35.0 Å². The van der Waals surface area contributed by atoms with Crippen LogP contribution in [-0.4, -0.2) is 13.1 Å². The van der Waals surface area contributed by atoms with Crippen LogP contribution >= 0.6 is 0 Å². The summed E-state index contributed by atoms with van der Waals surface area (Å²) >= 11 is 0. The van der Waals surface area contributed by atoms with Crippen molar-refractivity contribution in [2.75, 3.05) is 23.7 Å². The van der Waals surface area contributed by atoms with E-state index in [0.29, 0.717) is 0 Å². The highest BCUT2D eigenvalue weighted by molar-refractivity contribution is 5.83. The number of fused-ring (bicyclic) bond motifs is 2. The van der Waals surface area contributed by atoms with Gasteiger partial charge in [0.2, 0.25) is 0 Å². The second-order valence-corrected chi connectivity index (χ2v) is 5.17. The highest BCUT2D eigenvalue weighted by atomic mass is 16.5. The summed E-state index contributed by atoms with van der Waals surface area (Å²) in [7, 11) is 0. The van der Waals surface area contributed by atoms with Gasteiger partial charge in [0.1, 0.15) is 11.5 Å². The minimum absolute atomic E-state index is 0.847. The first-order chi connectivity index (χ1) is 10.4. The van der Waals surface area contributed by atoms with Gasteiger partial charge in [-0.2, -0.15) is 0 Å². The molecule has 1 aliphatic heterocycles. The van der Waals surface area contributed by atoms with E-state index in [0.717, 1.165) is 36.0 Å². The van der Waals surface area contributed by atoms with Gasteiger partial charge in [-0.15, -0.1) is 0 Å². The molecule has 0 amide bonds. The summed E-state index contributed by atoms with van der Waals surface area (Å²) in [6, 6.07) is 20.5. The first-order valence-electron chi connectivity index (χ1n) is 7.17. The van der Waals surface area contributed by atoms with E-state index in [-0.39, 0.29) is 0 Å². The van der Waals surface area contributed by atoms with E-state index >= 15 is 0 Å². The topological polar surface area (TPSA) is 33.3 Å². The Kier molecular flexibility index (Phi) is 2.89. The minimum atomic E-state index is 0.847. The molecule has 104 valence electrons. The van der Waals surface area contributed by atoms with Crippen LogP contribution < -0.4 is 15.4 Å². The van der Waals surface area contributed by atoms with Crippen LogP contribution in [0.15, 0.2) is 60.7 Å². The summed E-state index contributed by atoms with van der Waals surface area (Å²) < 4.78 is 5.98. The molecule has 2 N–H and O–H groups in total. The normalized spacial score (nSPS) is 13.1. The molecule has 0 atom stereocenters. The molecule has 0 radical (unpaired) electrons. The highest BCUT2D eigenvalue weighted by Crippen LogP contribution is 2.32. The molecule has 0 bridgehead atoms. The van der Waals surface area contributed by atoms with Crippen LogP contribution in [-0.2, 0) is 0 Å². The number of anilines is 2. The summed E-state index contributed by atoms with van der Waals surface area (Å²) in [5.74, 6) is 1.71. The standard InChI is InChI=1S/C18H16N2O/c1-2-4-14-11-15(6-5-13(14)3-1)21-16-7-8-17-18(12-16)20-10-9-19-17/h1-8,11-12,19-20H,9-10H2. The molecular formula is C18H16N2O. The van der Waals surface area contributed by atoms with E-state index in [9.17, 15) is 0 Å². The monoisotopic (exact) mass is 276 g/mol. The van der Waals surface area contributed by atoms with Crippen molar-refractivity contribution in [1.29, 1.82) is 0 Å². The average Bonchev–Trinajstić information content (AvgIpc) is 2.55. The fourth-order valence-electron chi connectivity index (χ4n) is 2.65. The van der Waals surface area contributed by atoms with Gasteiger partial charge in [0.15, 0.2) is 0 Å². The molecule has 3 aromatic carbocycles. The van der Waals surface area contributed by atoms with Gasteiger partial charge in [-0.25, -0.2) is 0 Å². The Morgan fingerprint density at radius 2 is 1.38 bits per heavy atom. The molecular weight excluding hydrogens is 260 g/mol. The Labute approximate surface area is 123 Å². The molecule has 0 spiro atoms. The Balaban J connectivity index is 1.64. The lowest BCUT2D eigenvalue weighted by atomic mass is 10.1. The second kappa shape index (κ2) is 5.02. The molecule has 0 fully saturated rings. The predicted octanol–water partition coefficient (Wildman–Crippen LogP) is 4.47. The molecule has 0 saturated carbocycles. The maximum atomic E-state index is 5.98. The zero-order valence-corrected chi connectivity index (χ0v) is 11.6. The van der Waals surface area contributed by atoms with Crippen LogP contribution in [0.5, 0.6) is 11.5 Å². The number of ether oxygens (including phenoxy) is 1. The summed E-state index contributed by atoms with van der Waals surface area (Å²) in [5.41, 5.74) is 2.23. The van der Waals surface area contributed by atoms with E-state index in [1.165, 1.54) is 10.8 Å². The number of rotatable bonds is 2. The van der Waals surface area contributed by atoms with Crippen molar-refractivity contribution in [3.8, 4) is 11.5 Å². The van der Waals surface area contributed by atoms with Crippen molar-refractivity contribution in [2.45, 2.75) is 0 Å². The number of hydrogen-bond donors (Lipinski definition) is 2. The van der Waals surface area contributed by atoms with Crippen LogP contribution in [0.25, 0.3) is 10.8 Å². The summed E-state index contributed by atoms with van der Waals surface area (Å²) in [5, 5.41) is 9.15. The smallest absolute Gasteiger partial charge is 0.129 e. The van der Waals surface area contributed by atoms with Gasteiger partial charge < -0.3 is 15.4 Å². The SMILES string of the molecule is c1ccc2cc(Oc3ccc4c(c3)NCCN4)ccc2c1. The zero-order chi connectivity index (χ0) is 14.1. The zero-order valence-electron chi connectivity index (χ0n) is 11.6. The van der Waals surface area contributed by atoms with Crippen molar-refractivity contribution < 1.29 is 4.74 Å². The molecule has 0 saturated heterocycles. The number of nitrogens with one attached hydrogen (secondary N) is 2. The second-order valence-electron chi connectivity index (χ2n) is 5.17. The van der Waals surface area contributed by atoms with E-state index in [1.807, 2.05) is 30.3 Å². The summed E-state index contributed by atoms with van der Waals surface area (Å²) in [4.78, 5) is 0. The van der Waals surface area contributed by atoms with Gasteiger partial charge in [0.05, 0.1) is 11.4 Å². The van der Waals surface area contributed by atoms with E-state index < -0.39 is 0 Å². The van der Waals surface area contributed by atoms with Crippen molar-refractivity contribution >= 4 is 22.1 Å². The van der Waals surface area contributed by atoms with E-state index in [4.69, 9.17) is 4.74 Å². The molecule has 3 nitrogen and oxygen atoms in total. The number of hydrogen-bond acceptors (Lipinski definition) is 3. The fraction of sp³-hybridized carbons (Fsp3) is 0.111. The van der Waals surface area contributed by atoms with Crippen LogP contribution in [0, 0.1) is 0 Å². The first kappa shape index (κ1) is 12.1. The summed E-state index contributed by atoms with van der Waals surface area (Å²) in [6.07, 6.45) is 0. The maximum Gasteiger partial charge on any atom is 0.129 e. The third kappa shape index (κ3) is 2.38. The lowest BCUT2D eigenvalue weighted by molar-refractivity contribution is 0.483. The Bertz CT molecular complexity index is 798. The van der Waals surface area contributed by atoms with Crippen molar-refractivity contribution in [3.05, 3.63) is 60.7 Å². The lowest BCUT2D eigenvalue weighted by Gasteiger charge is -2.20. The third-order valence-electron chi connectivity index (χ3n) is 3.70. The molecule has 0 aliphatic carbocycles. The molecule has 1 heterocycles. The van der Waals surface area contributed by atoms with Crippen molar-refractivity contribution in [2.24, 2.45) is 0 Å². The van der Waals surface area contributed by atoms with Gasteiger partial charge in [0.25, 0.3) is 0 Å². The van der Waals surface area contributed by atoms with Crippen molar-refractivity contribution in [3.63, 3.8) is 0 Å².